The molecular weight excluding hydrogens is 294 g/mol. The van der Waals surface area contributed by atoms with Gasteiger partial charge in [-0.1, -0.05) is 18.2 Å². The van der Waals surface area contributed by atoms with Crippen molar-refractivity contribution in [2.45, 2.75) is 25.5 Å². The molecule has 0 saturated carbocycles. The Morgan fingerprint density at radius 1 is 1.14 bits per heavy atom. The number of carboxylic acid groups (broad SMARTS) is 1. The lowest BCUT2D eigenvalue weighted by atomic mass is 10.3. The van der Waals surface area contributed by atoms with E-state index in [-0.39, 0.29) is 0 Å². The third kappa shape index (κ3) is 4.56. The van der Waals surface area contributed by atoms with Gasteiger partial charge in [0.1, 0.15) is 12.3 Å². The van der Waals surface area contributed by atoms with Gasteiger partial charge in [0.2, 0.25) is 5.91 Å². The van der Waals surface area contributed by atoms with Crippen LogP contribution < -0.4 is 4.90 Å². The number of nitrogens with zero attached hydrogens (tertiary/aromatic N) is 1. The summed E-state index contributed by atoms with van der Waals surface area (Å²) in [5.41, 5.74) is 0.356. The zero-order valence-corrected chi connectivity index (χ0v) is 13.1. The molecule has 0 bridgehead atoms. The lowest BCUT2D eigenvalue weighted by molar-refractivity contribution is -0.136. The zero-order chi connectivity index (χ0) is 16.3. The number of carbonyl (C=O) groups excluding carboxylic acids is 1. The summed E-state index contributed by atoms with van der Waals surface area (Å²) < 4.78 is 23.1. The number of amides is 1. The fraction of sp³-hybridized carbons (Fsp3) is 0.429. The molecule has 0 aromatic heterocycles. The van der Waals surface area contributed by atoms with Crippen LogP contribution in [0.5, 0.6) is 0 Å². The first-order valence-corrected chi connectivity index (χ1v) is 7.99. The molecule has 1 rings (SSSR count). The number of benzene rings is 1. The molecule has 0 radical (unpaired) electrons. The van der Waals surface area contributed by atoms with E-state index in [1.807, 2.05) is 0 Å². The van der Waals surface area contributed by atoms with Crippen molar-refractivity contribution in [3.8, 4) is 0 Å². The van der Waals surface area contributed by atoms with E-state index in [4.69, 9.17) is 5.11 Å². The number of carbonyl (C=O) groups is 2. The molecule has 0 heterocycles. The topological polar surface area (TPSA) is 91.8 Å². The van der Waals surface area contributed by atoms with E-state index in [0.717, 1.165) is 4.90 Å². The van der Waals surface area contributed by atoms with E-state index >= 15 is 0 Å². The summed E-state index contributed by atoms with van der Waals surface area (Å²) in [6, 6.07) is 8.14. The van der Waals surface area contributed by atoms with E-state index in [1.165, 1.54) is 20.8 Å². The summed E-state index contributed by atoms with van der Waals surface area (Å²) in [5.74, 6) is -2.68. The van der Waals surface area contributed by atoms with Gasteiger partial charge in [-0.3, -0.25) is 9.59 Å². The fourth-order valence-corrected chi connectivity index (χ4v) is 2.44. The molecule has 1 aromatic rings. The number of para-hydroxylation sites is 1. The molecule has 0 saturated heterocycles. The third-order valence-corrected chi connectivity index (χ3v) is 5.40. The maximum absolute atomic E-state index is 12.2. The molecule has 1 amide bonds. The summed E-state index contributed by atoms with van der Waals surface area (Å²) in [5, 5.41) is 8.91. The van der Waals surface area contributed by atoms with Gasteiger partial charge in [-0.25, -0.2) is 8.42 Å². The Bertz CT molecular complexity index is 617. The average Bonchev–Trinajstić information content (AvgIpc) is 2.34. The molecule has 1 aromatic carbocycles. The number of aliphatic carboxylic acids is 1. The number of anilines is 1. The summed E-state index contributed by atoms with van der Waals surface area (Å²) >= 11 is 0. The molecule has 7 heteroatoms. The Morgan fingerprint density at radius 2 is 1.67 bits per heavy atom. The number of carboxylic acids is 1. The number of rotatable bonds is 5. The summed E-state index contributed by atoms with van der Waals surface area (Å²) in [7, 11) is -3.67. The van der Waals surface area contributed by atoms with Crippen LogP contribution in [0.2, 0.25) is 0 Å². The van der Waals surface area contributed by atoms with Gasteiger partial charge in [-0.15, -0.1) is 0 Å². The van der Waals surface area contributed by atoms with Crippen LogP contribution in [0.4, 0.5) is 5.69 Å². The lowest BCUT2D eigenvalue weighted by Crippen LogP contribution is -2.43. The van der Waals surface area contributed by atoms with Crippen LogP contribution in [-0.2, 0) is 19.4 Å². The van der Waals surface area contributed by atoms with E-state index in [2.05, 4.69) is 0 Å². The maximum atomic E-state index is 12.2. The highest BCUT2D eigenvalue weighted by Gasteiger charge is 2.33. The van der Waals surface area contributed by atoms with Gasteiger partial charge in [-0.2, -0.15) is 0 Å². The molecule has 0 spiro atoms. The molecule has 0 fully saturated rings. The molecule has 21 heavy (non-hydrogen) atoms. The largest absolute Gasteiger partial charge is 0.480 e. The van der Waals surface area contributed by atoms with Crippen molar-refractivity contribution >= 4 is 27.4 Å². The molecule has 0 aliphatic carbocycles. The first kappa shape index (κ1) is 17.2. The van der Waals surface area contributed by atoms with Gasteiger partial charge in [0, 0.05) is 5.69 Å². The Kier molecular flexibility index (Phi) is 5.11. The SMILES string of the molecule is CC(C)(C)S(=O)(=O)CC(=O)N(CC(=O)O)c1ccccc1. The zero-order valence-electron chi connectivity index (χ0n) is 12.2. The molecular formula is C14H19NO5S. The summed E-state index contributed by atoms with van der Waals surface area (Å²) in [4.78, 5) is 24.1. The van der Waals surface area contributed by atoms with Gasteiger partial charge in [0.15, 0.2) is 9.84 Å². The normalized spacial score (nSPS) is 12.0. The second kappa shape index (κ2) is 6.26. The van der Waals surface area contributed by atoms with Gasteiger partial charge in [0.05, 0.1) is 4.75 Å². The van der Waals surface area contributed by atoms with Crippen LogP contribution in [0.3, 0.4) is 0 Å². The molecule has 0 unspecified atom stereocenters. The monoisotopic (exact) mass is 313 g/mol. The molecule has 1 N–H and O–H groups in total. The standard InChI is InChI=1S/C14H19NO5S/c1-14(2,3)21(19,20)10-12(16)15(9-13(17)18)11-7-5-4-6-8-11/h4-8H,9-10H2,1-3H3,(H,17,18). The third-order valence-electron chi connectivity index (χ3n) is 2.91. The minimum Gasteiger partial charge on any atom is -0.480 e. The first-order chi connectivity index (χ1) is 9.54. The highest BCUT2D eigenvalue weighted by atomic mass is 32.2. The molecule has 0 aliphatic rings. The Labute approximate surface area is 124 Å². The van der Waals surface area contributed by atoms with Crippen molar-refractivity contribution in [1.29, 1.82) is 0 Å². The quantitative estimate of drug-likeness (QED) is 0.885. The second-order valence-corrected chi connectivity index (χ2v) is 8.32. The molecule has 0 atom stereocenters. The van der Waals surface area contributed by atoms with Crippen molar-refractivity contribution in [2.24, 2.45) is 0 Å². The van der Waals surface area contributed by atoms with Crippen molar-refractivity contribution in [2.75, 3.05) is 17.2 Å². The highest BCUT2D eigenvalue weighted by Crippen LogP contribution is 2.19. The minimum atomic E-state index is -3.67. The van der Waals surface area contributed by atoms with Crippen molar-refractivity contribution < 1.29 is 23.1 Å². The number of sulfone groups is 1. The van der Waals surface area contributed by atoms with Gasteiger partial charge < -0.3 is 10.0 Å². The Balaban J connectivity index is 3.06. The van der Waals surface area contributed by atoms with Crippen LogP contribution in [0, 0.1) is 0 Å². The van der Waals surface area contributed by atoms with Gasteiger partial charge in [0.25, 0.3) is 0 Å². The highest BCUT2D eigenvalue weighted by molar-refractivity contribution is 7.93. The lowest BCUT2D eigenvalue weighted by Gasteiger charge is -2.24. The van der Waals surface area contributed by atoms with Crippen molar-refractivity contribution in [3.05, 3.63) is 30.3 Å². The Morgan fingerprint density at radius 3 is 2.10 bits per heavy atom. The van der Waals surface area contributed by atoms with Gasteiger partial charge in [-0.05, 0) is 32.9 Å². The fourth-order valence-electron chi connectivity index (χ4n) is 1.52. The number of hydrogen-bond donors (Lipinski definition) is 1. The smallest absolute Gasteiger partial charge is 0.323 e. The van der Waals surface area contributed by atoms with E-state index in [0.29, 0.717) is 5.69 Å². The summed E-state index contributed by atoms with van der Waals surface area (Å²) in [6.45, 7) is 3.92. The summed E-state index contributed by atoms with van der Waals surface area (Å²) in [6.07, 6.45) is 0. The molecule has 6 nitrogen and oxygen atoms in total. The predicted octanol–water partition coefficient (Wildman–Crippen LogP) is 1.32. The molecule has 0 aliphatic heterocycles. The van der Waals surface area contributed by atoms with E-state index in [9.17, 15) is 18.0 Å². The Hall–Kier alpha value is -1.89. The van der Waals surface area contributed by atoms with Crippen LogP contribution in [0.25, 0.3) is 0 Å². The van der Waals surface area contributed by atoms with Crippen LogP contribution in [0.1, 0.15) is 20.8 Å². The van der Waals surface area contributed by atoms with Crippen molar-refractivity contribution in [3.63, 3.8) is 0 Å². The maximum Gasteiger partial charge on any atom is 0.323 e. The van der Waals surface area contributed by atoms with E-state index < -0.39 is 38.8 Å². The van der Waals surface area contributed by atoms with Crippen LogP contribution in [-0.4, -0.2) is 42.4 Å². The minimum absolute atomic E-state index is 0.356. The first-order valence-electron chi connectivity index (χ1n) is 6.34. The average molecular weight is 313 g/mol. The van der Waals surface area contributed by atoms with Gasteiger partial charge >= 0.3 is 5.97 Å². The molecule has 116 valence electrons. The predicted molar refractivity (Wildman–Crippen MR) is 80.0 cm³/mol. The second-order valence-electron chi connectivity index (χ2n) is 5.58. The number of hydrogen-bond acceptors (Lipinski definition) is 4. The van der Waals surface area contributed by atoms with Crippen LogP contribution >= 0.6 is 0 Å². The van der Waals surface area contributed by atoms with E-state index in [1.54, 1.807) is 30.3 Å². The van der Waals surface area contributed by atoms with Crippen molar-refractivity contribution in [1.82, 2.24) is 0 Å². The van der Waals surface area contributed by atoms with Crippen LogP contribution in [0.15, 0.2) is 30.3 Å².